The topological polar surface area (TPSA) is 74.8 Å². The van der Waals surface area contributed by atoms with Crippen LogP contribution in [0.2, 0.25) is 0 Å². The molecular weight excluding hydrogens is 395 g/mol. The van der Waals surface area contributed by atoms with E-state index in [9.17, 15) is 9.18 Å². The van der Waals surface area contributed by atoms with Gasteiger partial charge in [0.1, 0.15) is 24.2 Å². The van der Waals surface area contributed by atoms with E-state index in [0.29, 0.717) is 18.6 Å². The third-order valence-electron chi connectivity index (χ3n) is 5.01. The van der Waals surface area contributed by atoms with Crippen molar-refractivity contribution in [1.82, 2.24) is 16.3 Å². The largest absolute Gasteiger partial charge is 0.489 e. The first-order valence-electron chi connectivity index (χ1n) is 10.0. The quantitative estimate of drug-likeness (QED) is 0.406. The lowest BCUT2D eigenvalue weighted by Crippen LogP contribution is -2.41. The van der Waals surface area contributed by atoms with E-state index in [1.807, 2.05) is 54.6 Å². The number of nitrogens with one attached hydrogen (secondary N) is 3. The van der Waals surface area contributed by atoms with Gasteiger partial charge < -0.3 is 4.74 Å². The fourth-order valence-electron chi connectivity index (χ4n) is 3.36. The van der Waals surface area contributed by atoms with Crippen LogP contribution < -0.4 is 21.0 Å². The average molecular weight is 418 g/mol. The molecule has 4 rings (SSSR count). The van der Waals surface area contributed by atoms with Crippen molar-refractivity contribution >= 4 is 12.1 Å². The van der Waals surface area contributed by atoms with E-state index in [4.69, 9.17) is 4.74 Å². The number of hydrazine groups is 1. The highest BCUT2D eigenvalue weighted by molar-refractivity contribution is 5.85. The Bertz CT molecular complexity index is 1040. The highest BCUT2D eigenvalue weighted by Crippen LogP contribution is 2.30. The van der Waals surface area contributed by atoms with Crippen LogP contribution in [0.1, 0.15) is 29.2 Å². The van der Waals surface area contributed by atoms with Crippen LogP contribution in [-0.4, -0.2) is 18.2 Å². The van der Waals surface area contributed by atoms with Gasteiger partial charge in [-0.2, -0.15) is 5.10 Å². The van der Waals surface area contributed by atoms with Gasteiger partial charge in [-0.25, -0.2) is 20.7 Å². The predicted molar refractivity (Wildman–Crippen MR) is 117 cm³/mol. The molecular formula is C24H23FN4O2. The maximum Gasteiger partial charge on any atom is 0.258 e. The molecule has 2 atom stereocenters. The number of carbonyl (C=O) groups is 1. The number of hydrogen-bond donors (Lipinski definition) is 3. The summed E-state index contributed by atoms with van der Waals surface area (Å²) < 4.78 is 19.0. The fraction of sp³-hybridized carbons (Fsp3) is 0.167. The molecule has 1 aliphatic rings. The summed E-state index contributed by atoms with van der Waals surface area (Å²) in [6.07, 6.45) is 2.02. The molecule has 1 amide bonds. The number of halogens is 1. The Hall–Kier alpha value is -3.55. The van der Waals surface area contributed by atoms with Crippen molar-refractivity contribution in [3.8, 4) is 5.75 Å². The molecule has 3 N–H and O–H groups in total. The molecule has 0 aromatic heterocycles. The Morgan fingerprint density at radius 3 is 2.58 bits per heavy atom. The predicted octanol–water partition coefficient (Wildman–Crippen LogP) is 3.46. The minimum absolute atomic E-state index is 0.0798. The van der Waals surface area contributed by atoms with E-state index in [0.717, 1.165) is 16.9 Å². The number of hydrazone groups is 1. The van der Waals surface area contributed by atoms with Gasteiger partial charge in [-0.3, -0.25) is 4.79 Å². The van der Waals surface area contributed by atoms with Gasteiger partial charge >= 0.3 is 0 Å². The van der Waals surface area contributed by atoms with E-state index in [2.05, 4.69) is 21.4 Å². The average Bonchev–Trinajstić information content (AvgIpc) is 3.30. The summed E-state index contributed by atoms with van der Waals surface area (Å²) in [4.78, 5) is 12.4. The van der Waals surface area contributed by atoms with Crippen molar-refractivity contribution in [2.45, 2.75) is 25.1 Å². The Kier molecular flexibility index (Phi) is 6.66. The zero-order chi connectivity index (χ0) is 21.5. The fourth-order valence-corrected chi connectivity index (χ4v) is 3.36. The summed E-state index contributed by atoms with van der Waals surface area (Å²) in [6, 6.07) is 23.1. The van der Waals surface area contributed by atoms with Gasteiger partial charge in [-0.15, -0.1) is 0 Å². The van der Waals surface area contributed by atoms with Crippen LogP contribution in [0.5, 0.6) is 5.75 Å². The molecule has 0 bridgehead atoms. The summed E-state index contributed by atoms with van der Waals surface area (Å²) in [6.45, 7) is 0.472. The molecule has 6 nitrogen and oxygen atoms in total. The van der Waals surface area contributed by atoms with Gasteiger partial charge in [-0.1, -0.05) is 60.7 Å². The summed E-state index contributed by atoms with van der Waals surface area (Å²) >= 11 is 0. The van der Waals surface area contributed by atoms with Gasteiger partial charge in [0.05, 0.1) is 12.3 Å². The second kappa shape index (κ2) is 9.97. The first-order valence-corrected chi connectivity index (χ1v) is 10.0. The molecule has 0 aliphatic carbocycles. The Morgan fingerprint density at radius 1 is 1.03 bits per heavy atom. The Morgan fingerprint density at radius 2 is 1.77 bits per heavy atom. The zero-order valence-corrected chi connectivity index (χ0v) is 16.8. The molecule has 0 radical (unpaired) electrons. The molecule has 1 heterocycles. The summed E-state index contributed by atoms with van der Waals surface area (Å²) in [5, 5.41) is 3.95. The number of benzene rings is 3. The maximum atomic E-state index is 12.9. The Labute approximate surface area is 180 Å². The van der Waals surface area contributed by atoms with Crippen LogP contribution in [-0.2, 0) is 11.4 Å². The third-order valence-corrected chi connectivity index (χ3v) is 5.01. The molecule has 1 aliphatic heterocycles. The van der Waals surface area contributed by atoms with Crippen molar-refractivity contribution in [3.63, 3.8) is 0 Å². The Balaban J connectivity index is 1.34. The molecule has 1 saturated heterocycles. The van der Waals surface area contributed by atoms with Crippen molar-refractivity contribution in [1.29, 1.82) is 0 Å². The number of hydrogen-bond acceptors (Lipinski definition) is 5. The van der Waals surface area contributed by atoms with Crippen molar-refractivity contribution in [2.75, 3.05) is 0 Å². The lowest BCUT2D eigenvalue weighted by Gasteiger charge is -2.16. The summed E-state index contributed by atoms with van der Waals surface area (Å²) in [5.41, 5.74) is 11.5. The van der Waals surface area contributed by atoms with E-state index in [-0.39, 0.29) is 17.8 Å². The number of para-hydroxylation sites is 1. The van der Waals surface area contributed by atoms with Crippen molar-refractivity contribution < 1.29 is 13.9 Å². The maximum absolute atomic E-state index is 12.9. The minimum atomic E-state index is -0.447. The van der Waals surface area contributed by atoms with Crippen LogP contribution in [0.25, 0.3) is 0 Å². The lowest BCUT2D eigenvalue weighted by molar-refractivity contribution is -0.122. The number of nitrogens with zero attached hydrogens (tertiary/aromatic N) is 1. The number of ether oxygens (including phenoxy) is 1. The van der Waals surface area contributed by atoms with Gasteiger partial charge in [0.15, 0.2) is 0 Å². The third kappa shape index (κ3) is 5.53. The van der Waals surface area contributed by atoms with Crippen LogP contribution >= 0.6 is 0 Å². The number of rotatable bonds is 7. The second-order valence-corrected chi connectivity index (χ2v) is 7.23. The van der Waals surface area contributed by atoms with Crippen LogP contribution in [0, 0.1) is 5.82 Å². The molecule has 2 unspecified atom stereocenters. The molecule has 7 heteroatoms. The number of amides is 1. The van der Waals surface area contributed by atoms with E-state index in [1.165, 1.54) is 18.3 Å². The molecule has 0 spiro atoms. The molecule has 3 aromatic rings. The molecule has 0 saturated carbocycles. The van der Waals surface area contributed by atoms with Crippen LogP contribution in [0.3, 0.4) is 0 Å². The van der Waals surface area contributed by atoms with Gasteiger partial charge in [-0.05, 0) is 35.7 Å². The first-order chi connectivity index (χ1) is 15.2. The highest BCUT2D eigenvalue weighted by atomic mass is 19.1. The van der Waals surface area contributed by atoms with E-state index >= 15 is 0 Å². The number of carbonyl (C=O) groups excluding carboxylic acids is 1. The minimum Gasteiger partial charge on any atom is -0.489 e. The summed E-state index contributed by atoms with van der Waals surface area (Å²) in [5.74, 6) is 0.207. The molecule has 31 heavy (non-hydrogen) atoms. The SMILES string of the molecule is O=C(N/N=C/c1ccc(F)cc1)C1CC(c2ccccc2OCc2ccccc2)NN1. The highest BCUT2D eigenvalue weighted by Gasteiger charge is 2.31. The molecule has 158 valence electrons. The molecule has 3 aromatic carbocycles. The normalized spacial score (nSPS) is 18.2. The first kappa shape index (κ1) is 20.7. The van der Waals surface area contributed by atoms with E-state index in [1.54, 1.807) is 12.1 Å². The standard InChI is InChI=1S/C24H23FN4O2/c25-19-12-10-17(11-13-19)15-26-29-24(30)22-14-21(27-28-22)20-8-4-5-9-23(20)31-16-18-6-2-1-3-7-18/h1-13,15,21-22,27-28H,14,16H2,(H,29,30)/b26-15+. The lowest BCUT2D eigenvalue weighted by atomic mass is 10.0. The van der Waals surface area contributed by atoms with Crippen LogP contribution in [0.15, 0.2) is 84.0 Å². The zero-order valence-electron chi connectivity index (χ0n) is 16.8. The molecule has 1 fully saturated rings. The van der Waals surface area contributed by atoms with Crippen molar-refractivity contribution in [2.24, 2.45) is 5.10 Å². The van der Waals surface area contributed by atoms with Gasteiger partial charge in [0.25, 0.3) is 5.91 Å². The monoisotopic (exact) mass is 418 g/mol. The van der Waals surface area contributed by atoms with Crippen molar-refractivity contribution in [3.05, 3.63) is 101 Å². The second-order valence-electron chi connectivity index (χ2n) is 7.23. The van der Waals surface area contributed by atoms with Gasteiger partial charge in [0, 0.05) is 5.56 Å². The van der Waals surface area contributed by atoms with Crippen LogP contribution in [0.4, 0.5) is 4.39 Å². The smallest absolute Gasteiger partial charge is 0.258 e. The van der Waals surface area contributed by atoms with Gasteiger partial charge in [0.2, 0.25) is 0 Å². The summed E-state index contributed by atoms with van der Waals surface area (Å²) in [7, 11) is 0. The van der Waals surface area contributed by atoms with E-state index < -0.39 is 6.04 Å².